The zero-order chi connectivity index (χ0) is 15.8. The van der Waals surface area contributed by atoms with Crippen LogP contribution in [-0.2, 0) is 15.4 Å². The zero-order valence-corrected chi connectivity index (χ0v) is 12.5. The molecule has 0 amide bonds. The fourth-order valence-corrected chi connectivity index (χ4v) is 3.15. The first kappa shape index (κ1) is 16.4. The smallest absolute Gasteiger partial charge is 0.170 e. The lowest BCUT2D eigenvalue weighted by atomic mass is 9.94. The lowest BCUT2D eigenvalue weighted by Crippen LogP contribution is -2.46. The third-order valence-electron chi connectivity index (χ3n) is 3.14. The maximum absolute atomic E-state index is 13.8. The van der Waals surface area contributed by atoms with E-state index in [1.807, 2.05) is 0 Å². The van der Waals surface area contributed by atoms with Crippen molar-refractivity contribution < 1.29 is 12.8 Å². The van der Waals surface area contributed by atoms with Crippen LogP contribution in [-0.4, -0.2) is 18.9 Å². The number of nitrogen functional groups attached to an aromatic ring is 1. The number of anilines is 1. The van der Waals surface area contributed by atoms with Gasteiger partial charge in [0.15, 0.2) is 14.6 Å². The number of halogens is 1. The molecule has 5 nitrogen and oxygen atoms in total. The highest BCUT2D eigenvalue weighted by molar-refractivity contribution is 7.93. The molecule has 110 valence electrons. The molecule has 0 saturated heterocycles. The predicted molar refractivity (Wildman–Crippen MR) is 75.8 cm³/mol. The maximum atomic E-state index is 13.8. The van der Waals surface area contributed by atoms with Crippen molar-refractivity contribution in [1.82, 2.24) is 0 Å². The summed E-state index contributed by atoms with van der Waals surface area (Å²) < 4.78 is 36.7. The second-order valence-electron chi connectivity index (χ2n) is 5.54. The van der Waals surface area contributed by atoms with Gasteiger partial charge in [0.25, 0.3) is 0 Å². The highest BCUT2D eigenvalue weighted by atomic mass is 32.2. The molecule has 1 rings (SSSR count). The average Bonchev–Trinajstić information content (AvgIpc) is 2.30. The monoisotopic (exact) mass is 299 g/mol. The standard InChI is InChI=1S/C13H18FN3O2S/c1-12(2,7-15)20(18,19)8-13(3,17)10-6-9(16)4-5-11(10)14/h4-6H,8,16-17H2,1-3H3/t13-/m0/s1. The first-order valence-corrected chi connectivity index (χ1v) is 7.56. The van der Waals surface area contributed by atoms with Crippen molar-refractivity contribution in [3.8, 4) is 6.07 Å². The molecule has 0 aromatic heterocycles. The van der Waals surface area contributed by atoms with Crippen molar-refractivity contribution in [3.05, 3.63) is 29.6 Å². The van der Waals surface area contributed by atoms with Crippen LogP contribution in [0.5, 0.6) is 0 Å². The molecule has 1 aromatic rings. The van der Waals surface area contributed by atoms with Crippen molar-refractivity contribution >= 4 is 15.5 Å². The van der Waals surface area contributed by atoms with Crippen LogP contribution in [0, 0.1) is 17.1 Å². The van der Waals surface area contributed by atoms with Crippen LogP contribution in [0.1, 0.15) is 26.3 Å². The Balaban J connectivity index is 3.26. The number of hydrogen-bond donors (Lipinski definition) is 2. The SMILES string of the molecule is CC(C)(C#N)S(=O)(=O)C[C@](C)(N)c1cc(N)ccc1F. The molecule has 1 aromatic carbocycles. The Morgan fingerprint density at radius 3 is 2.40 bits per heavy atom. The molecule has 4 N–H and O–H groups in total. The molecule has 0 bridgehead atoms. The van der Waals surface area contributed by atoms with E-state index in [-0.39, 0.29) is 11.3 Å². The minimum atomic E-state index is -3.84. The van der Waals surface area contributed by atoms with Crippen molar-refractivity contribution in [2.24, 2.45) is 5.73 Å². The van der Waals surface area contributed by atoms with Gasteiger partial charge in [-0.1, -0.05) is 0 Å². The van der Waals surface area contributed by atoms with E-state index < -0.39 is 31.7 Å². The summed E-state index contributed by atoms with van der Waals surface area (Å²) in [6.07, 6.45) is 0. The van der Waals surface area contributed by atoms with Gasteiger partial charge in [0.2, 0.25) is 0 Å². The summed E-state index contributed by atoms with van der Waals surface area (Å²) in [5.41, 5.74) is 10.4. The third-order valence-corrected chi connectivity index (χ3v) is 5.77. The van der Waals surface area contributed by atoms with Gasteiger partial charge in [0.1, 0.15) is 5.82 Å². The van der Waals surface area contributed by atoms with Crippen LogP contribution in [0.15, 0.2) is 18.2 Å². The quantitative estimate of drug-likeness (QED) is 0.814. The molecule has 1 atom stereocenters. The number of nitrogens with zero attached hydrogens (tertiary/aromatic N) is 1. The molecule has 0 aliphatic carbocycles. The zero-order valence-electron chi connectivity index (χ0n) is 11.6. The first-order valence-electron chi connectivity index (χ1n) is 5.91. The van der Waals surface area contributed by atoms with E-state index >= 15 is 0 Å². The van der Waals surface area contributed by atoms with E-state index in [9.17, 15) is 12.8 Å². The van der Waals surface area contributed by atoms with Crippen LogP contribution in [0.4, 0.5) is 10.1 Å². The molecular weight excluding hydrogens is 281 g/mol. The van der Waals surface area contributed by atoms with Gasteiger partial charge in [0.05, 0.1) is 17.4 Å². The van der Waals surface area contributed by atoms with Gasteiger partial charge in [-0.3, -0.25) is 0 Å². The Hall–Kier alpha value is -1.65. The average molecular weight is 299 g/mol. The van der Waals surface area contributed by atoms with Crippen LogP contribution in [0.25, 0.3) is 0 Å². The van der Waals surface area contributed by atoms with Crippen LogP contribution in [0.3, 0.4) is 0 Å². The van der Waals surface area contributed by atoms with Gasteiger partial charge in [0, 0.05) is 11.3 Å². The van der Waals surface area contributed by atoms with E-state index in [1.54, 1.807) is 6.07 Å². The lowest BCUT2D eigenvalue weighted by molar-refractivity contribution is 0.487. The summed E-state index contributed by atoms with van der Waals surface area (Å²) in [5, 5.41) is 8.93. The minimum Gasteiger partial charge on any atom is -0.399 e. The Bertz CT molecular complexity index is 661. The number of rotatable bonds is 4. The highest BCUT2D eigenvalue weighted by Gasteiger charge is 2.40. The van der Waals surface area contributed by atoms with E-state index in [1.165, 1.54) is 32.9 Å². The van der Waals surface area contributed by atoms with Gasteiger partial charge in [-0.25, -0.2) is 12.8 Å². The molecule has 20 heavy (non-hydrogen) atoms. The van der Waals surface area contributed by atoms with Gasteiger partial charge in [-0.15, -0.1) is 0 Å². The van der Waals surface area contributed by atoms with E-state index in [0.29, 0.717) is 0 Å². The third kappa shape index (κ3) is 3.08. The van der Waals surface area contributed by atoms with Crippen molar-refractivity contribution in [1.29, 1.82) is 5.26 Å². The van der Waals surface area contributed by atoms with Gasteiger partial charge >= 0.3 is 0 Å². The van der Waals surface area contributed by atoms with E-state index in [4.69, 9.17) is 16.7 Å². The largest absolute Gasteiger partial charge is 0.399 e. The molecular formula is C13H18FN3O2S. The summed E-state index contributed by atoms with van der Waals surface area (Å²) in [5.74, 6) is -1.19. The predicted octanol–water partition coefficient (Wildman–Crippen LogP) is 1.30. The van der Waals surface area contributed by atoms with E-state index in [2.05, 4.69) is 0 Å². The maximum Gasteiger partial charge on any atom is 0.170 e. The normalized spacial score (nSPS) is 15.4. The number of hydrogen-bond acceptors (Lipinski definition) is 5. The molecule has 7 heteroatoms. The van der Waals surface area contributed by atoms with Crippen molar-refractivity contribution in [2.45, 2.75) is 31.1 Å². The fraction of sp³-hybridized carbons (Fsp3) is 0.462. The summed E-state index contributed by atoms with van der Waals surface area (Å²) in [6.45, 7) is 3.97. The van der Waals surface area contributed by atoms with Crippen LogP contribution < -0.4 is 11.5 Å². The van der Waals surface area contributed by atoms with Gasteiger partial charge in [-0.2, -0.15) is 5.26 Å². The van der Waals surface area contributed by atoms with Crippen molar-refractivity contribution in [3.63, 3.8) is 0 Å². The molecule has 0 unspecified atom stereocenters. The molecule has 0 spiro atoms. The van der Waals surface area contributed by atoms with Crippen LogP contribution in [0.2, 0.25) is 0 Å². The minimum absolute atomic E-state index is 0.00909. The molecule has 0 fully saturated rings. The number of benzene rings is 1. The fourth-order valence-electron chi connectivity index (χ4n) is 1.70. The number of nitriles is 1. The Morgan fingerprint density at radius 2 is 1.90 bits per heavy atom. The van der Waals surface area contributed by atoms with Gasteiger partial charge < -0.3 is 11.5 Å². The lowest BCUT2D eigenvalue weighted by Gasteiger charge is -2.28. The molecule has 0 heterocycles. The molecule has 0 aliphatic heterocycles. The summed E-state index contributed by atoms with van der Waals surface area (Å²) >= 11 is 0. The summed E-state index contributed by atoms with van der Waals surface area (Å²) in [6, 6.07) is 5.53. The van der Waals surface area contributed by atoms with Crippen LogP contribution >= 0.6 is 0 Å². The van der Waals surface area contributed by atoms with Gasteiger partial charge in [-0.05, 0) is 39.0 Å². The topological polar surface area (TPSA) is 110 Å². The molecule has 0 radical (unpaired) electrons. The summed E-state index contributed by atoms with van der Waals surface area (Å²) in [4.78, 5) is 0. The Kier molecular flexibility index (Phi) is 4.13. The number of sulfone groups is 1. The first-order chi connectivity index (χ1) is 8.93. The highest BCUT2D eigenvalue weighted by Crippen LogP contribution is 2.28. The molecule has 0 aliphatic rings. The van der Waals surface area contributed by atoms with Crippen molar-refractivity contribution in [2.75, 3.05) is 11.5 Å². The summed E-state index contributed by atoms with van der Waals surface area (Å²) in [7, 11) is -3.84. The Labute approximate surface area is 118 Å². The second kappa shape index (κ2) is 5.04. The number of nitrogens with two attached hydrogens (primary N) is 2. The molecule has 0 saturated carbocycles. The Morgan fingerprint density at radius 1 is 1.35 bits per heavy atom. The second-order valence-corrected chi connectivity index (χ2v) is 8.08. The van der Waals surface area contributed by atoms with E-state index in [0.717, 1.165) is 6.07 Å².